The Kier molecular flexibility index (Phi) is 3.00. The van der Waals surface area contributed by atoms with Gasteiger partial charge in [-0.15, -0.1) is 0 Å². The van der Waals surface area contributed by atoms with Crippen LogP contribution in [0.15, 0.2) is 16.9 Å². The summed E-state index contributed by atoms with van der Waals surface area (Å²) in [4.78, 5) is 22.0. The number of rotatable bonds is 5. The summed E-state index contributed by atoms with van der Waals surface area (Å²) in [7, 11) is 0. The summed E-state index contributed by atoms with van der Waals surface area (Å²) < 4.78 is 6.29. The number of carboxylic acids is 1. The van der Waals surface area contributed by atoms with Gasteiger partial charge in [-0.05, 0) is 24.8 Å². The van der Waals surface area contributed by atoms with Crippen LogP contribution in [0.5, 0.6) is 0 Å². The van der Waals surface area contributed by atoms with Crippen molar-refractivity contribution in [3.8, 4) is 0 Å². The van der Waals surface area contributed by atoms with Crippen LogP contribution in [0, 0.1) is 5.92 Å². The molecule has 0 saturated heterocycles. The van der Waals surface area contributed by atoms with E-state index < -0.39 is 5.97 Å². The maximum atomic E-state index is 11.3. The molecule has 0 bridgehead atoms. The Bertz CT molecular complexity index is 450. The highest BCUT2D eigenvalue weighted by atomic mass is 16.5. The molecule has 16 heavy (non-hydrogen) atoms. The van der Waals surface area contributed by atoms with Gasteiger partial charge in [0.25, 0.3) is 5.56 Å². The molecule has 1 fully saturated rings. The van der Waals surface area contributed by atoms with Crippen LogP contribution in [0.2, 0.25) is 0 Å². The van der Waals surface area contributed by atoms with Crippen molar-refractivity contribution in [2.45, 2.75) is 19.6 Å². The molecule has 0 aromatic carbocycles. The highest BCUT2D eigenvalue weighted by Gasteiger charge is 2.21. The molecular formula is C10H12N2O4. The second-order valence-electron chi connectivity index (χ2n) is 3.80. The molecule has 1 saturated carbocycles. The van der Waals surface area contributed by atoms with E-state index in [9.17, 15) is 9.59 Å². The van der Waals surface area contributed by atoms with Crippen molar-refractivity contribution in [1.29, 1.82) is 0 Å². The van der Waals surface area contributed by atoms with Gasteiger partial charge in [0, 0.05) is 6.07 Å². The average molecular weight is 224 g/mol. The van der Waals surface area contributed by atoms with E-state index in [4.69, 9.17) is 9.84 Å². The van der Waals surface area contributed by atoms with Gasteiger partial charge < -0.3 is 9.84 Å². The number of ether oxygens (including phenoxy) is 1. The number of hydrogen-bond acceptors (Lipinski definition) is 4. The molecule has 0 amide bonds. The van der Waals surface area contributed by atoms with Gasteiger partial charge in [0.15, 0.2) is 5.69 Å². The number of carboxylic acid groups (broad SMARTS) is 1. The molecular weight excluding hydrogens is 212 g/mol. The minimum atomic E-state index is -1.16. The first-order valence-electron chi connectivity index (χ1n) is 5.06. The lowest BCUT2D eigenvalue weighted by Crippen LogP contribution is -2.25. The van der Waals surface area contributed by atoms with Crippen LogP contribution >= 0.6 is 0 Å². The number of aromatic nitrogens is 2. The van der Waals surface area contributed by atoms with Crippen molar-refractivity contribution in [2.75, 3.05) is 6.61 Å². The van der Waals surface area contributed by atoms with Crippen molar-refractivity contribution < 1.29 is 14.6 Å². The zero-order valence-electron chi connectivity index (χ0n) is 8.63. The maximum absolute atomic E-state index is 11.3. The Morgan fingerprint density at radius 1 is 1.56 bits per heavy atom. The summed E-state index contributed by atoms with van der Waals surface area (Å²) >= 11 is 0. The van der Waals surface area contributed by atoms with Crippen LogP contribution in [0.4, 0.5) is 0 Å². The van der Waals surface area contributed by atoms with Gasteiger partial charge in [-0.1, -0.05) is 0 Å². The highest BCUT2D eigenvalue weighted by molar-refractivity contribution is 5.84. The van der Waals surface area contributed by atoms with Gasteiger partial charge in [0.2, 0.25) is 0 Å². The first kappa shape index (κ1) is 10.8. The molecule has 6 heteroatoms. The lowest BCUT2D eigenvalue weighted by Gasteiger charge is -2.05. The molecule has 0 radical (unpaired) electrons. The van der Waals surface area contributed by atoms with Gasteiger partial charge in [-0.25, -0.2) is 9.48 Å². The van der Waals surface area contributed by atoms with Gasteiger partial charge in [0.05, 0.1) is 6.61 Å². The molecule has 1 aromatic rings. The third-order valence-corrected chi connectivity index (χ3v) is 2.35. The molecule has 2 rings (SSSR count). The van der Waals surface area contributed by atoms with E-state index in [-0.39, 0.29) is 18.0 Å². The third kappa shape index (κ3) is 2.66. The molecule has 0 atom stereocenters. The monoisotopic (exact) mass is 224 g/mol. The summed E-state index contributed by atoms with van der Waals surface area (Å²) in [6.07, 6.45) is 2.33. The van der Waals surface area contributed by atoms with Crippen LogP contribution in [0.25, 0.3) is 0 Å². The van der Waals surface area contributed by atoms with E-state index in [1.54, 1.807) is 0 Å². The van der Waals surface area contributed by atoms with Gasteiger partial charge in [0.1, 0.15) is 6.73 Å². The predicted octanol–water partition coefficient (Wildman–Crippen LogP) is 0.326. The molecule has 0 aliphatic heterocycles. The van der Waals surface area contributed by atoms with Crippen LogP contribution in [0.3, 0.4) is 0 Å². The smallest absolute Gasteiger partial charge is 0.356 e. The van der Waals surface area contributed by atoms with E-state index in [0.29, 0.717) is 12.5 Å². The van der Waals surface area contributed by atoms with Crippen LogP contribution in [0.1, 0.15) is 23.3 Å². The van der Waals surface area contributed by atoms with E-state index in [2.05, 4.69) is 5.10 Å². The Hall–Kier alpha value is -1.69. The molecule has 1 aliphatic carbocycles. The van der Waals surface area contributed by atoms with E-state index in [1.165, 1.54) is 12.1 Å². The highest BCUT2D eigenvalue weighted by Crippen LogP contribution is 2.28. The molecule has 0 spiro atoms. The van der Waals surface area contributed by atoms with E-state index in [1.807, 2.05) is 0 Å². The minimum absolute atomic E-state index is 0.0104. The van der Waals surface area contributed by atoms with Gasteiger partial charge in [-0.2, -0.15) is 5.10 Å². The molecule has 0 unspecified atom stereocenters. The fourth-order valence-corrected chi connectivity index (χ4v) is 1.25. The molecule has 6 nitrogen and oxygen atoms in total. The Balaban J connectivity index is 2.02. The second kappa shape index (κ2) is 4.44. The lowest BCUT2D eigenvalue weighted by atomic mass is 10.4. The largest absolute Gasteiger partial charge is 0.476 e. The Morgan fingerprint density at radius 3 is 2.94 bits per heavy atom. The predicted molar refractivity (Wildman–Crippen MR) is 54.1 cm³/mol. The Morgan fingerprint density at radius 2 is 2.31 bits per heavy atom. The van der Waals surface area contributed by atoms with Crippen molar-refractivity contribution in [3.05, 3.63) is 28.2 Å². The quantitative estimate of drug-likeness (QED) is 0.779. The zero-order valence-corrected chi connectivity index (χ0v) is 8.63. The van der Waals surface area contributed by atoms with Crippen LogP contribution in [-0.2, 0) is 11.5 Å². The first-order chi connectivity index (χ1) is 7.66. The minimum Gasteiger partial charge on any atom is -0.476 e. The Labute approximate surface area is 91.5 Å². The normalized spacial score (nSPS) is 15.0. The van der Waals surface area contributed by atoms with Crippen molar-refractivity contribution in [1.82, 2.24) is 9.78 Å². The molecule has 1 aromatic heterocycles. The number of carbonyl (C=O) groups is 1. The topological polar surface area (TPSA) is 81.4 Å². The SMILES string of the molecule is O=C(O)c1ccc(=O)n(COCC2CC2)n1. The first-order valence-corrected chi connectivity index (χ1v) is 5.06. The number of nitrogens with zero attached hydrogens (tertiary/aromatic N) is 2. The van der Waals surface area contributed by atoms with Gasteiger partial charge in [-0.3, -0.25) is 4.79 Å². The molecule has 1 heterocycles. The van der Waals surface area contributed by atoms with Crippen molar-refractivity contribution in [2.24, 2.45) is 5.92 Å². The lowest BCUT2D eigenvalue weighted by molar-refractivity contribution is 0.0553. The standard InChI is InChI=1S/C10H12N2O4/c13-9-4-3-8(10(14)15)11-12(9)6-16-5-7-1-2-7/h3-4,7H,1-2,5-6H2,(H,14,15). The summed E-state index contributed by atoms with van der Waals surface area (Å²) in [5.74, 6) is -0.561. The van der Waals surface area contributed by atoms with E-state index in [0.717, 1.165) is 17.5 Å². The van der Waals surface area contributed by atoms with Gasteiger partial charge >= 0.3 is 5.97 Å². The van der Waals surface area contributed by atoms with E-state index >= 15 is 0 Å². The van der Waals surface area contributed by atoms with Crippen LogP contribution in [-0.4, -0.2) is 27.5 Å². The zero-order chi connectivity index (χ0) is 11.5. The summed E-state index contributed by atoms with van der Waals surface area (Å²) in [5, 5.41) is 12.4. The van der Waals surface area contributed by atoms with Crippen molar-refractivity contribution >= 4 is 5.97 Å². The fourth-order valence-electron chi connectivity index (χ4n) is 1.25. The van der Waals surface area contributed by atoms with Crippen LogP contribution < -0.4 is 5.56 Å². The average Bonchev–Trinajstić information content (AvgIpc) is 3.04. The fraction of sp³-hybridized carbons (Fsp3) is 0.500. The maximum Gasteiger partial charge on any atom is 0.356 e. The number of hydrogen-bond donors (Lipinski definition) is 1. The summed E-state index contributed by atoms with van der Waals surface area (Å²) in [6.45, 7) is 0.613. The molecule has 1 N–H and O–H groups in total. The summed E-state index contributed by atoms with van der Waals surface area (Å²) in [5.41, 5.74) is -0.518. The number of aromatic carboxylic acids is 1. The van der Waals surface area contributed by atoms with Crippen molar-refractivity contribution in [3.63, 3.8) is 0 Å². The third-order valence-electron chi connectivity index (χ3n) is 2.35. The molecule has 86 valence electrons. The second-order valence-corrected chi connectivity index (χ2v) is 3.80. The molecule has 1 aliphatic rings. The summed E-state index contributed by atoms with van der Waals surface area (Å²) in [6, 6.07) is 2.36.